The Morgan fingerprint density at radius 3 is 2.71 bits per heavy atom. The van der Waals surface area contributed by atoms with Crippen LogP contribution in [0.3, 0.4) is 0 Å². The van der Waals surface area contributed by atoms with Gasteiger partial charge in [0.05, 0.1) is 18.0 Å². The van der Waals surface area contributed by atoms with Gasteiger partial charge in [0.1, 0.15) is 22.8 Å². The number of H-pyrrole nitrogens is 1. The van der Waals surface area contributed by atoms with Gasteiger partial charge in [0.2, 0.25) is 5.82 Å². The molecule has 4 aromatic heterocycles. The second-order valence-electron chi connectivity index (χ2n) is 8.98. The first-order chi connectivity index (χ1) is 16.6. The molecule has 1 aromatic carbocycles. The van der Waals surface area contributed by atoms with Gasteiger partial charge >= 0.3 is 0 Å². The van der Waals surface area contributed by atoms with E-state index in [-0.39, 0.29) is 0 Å². The highest BCUT2D eigenvalue weighted by Crippen LogP contribution is 2.32. The molecule has 172 valence electrons. The van der Waals surface area contributed by atoms with Crippen molar-refractivity contribution >= 4 is 27.9 Å². The summed E-state index contributed by atoms with van der Waals surface area (Å²) < 4.78 is 0. The fraction of sp³-hybridized carbons (Fsp3) is 0.333. The normalized spacial score (nSPS) is 18.5. The largest absolute Gasteiger partial charge is 0.367 e. The molecule has 1 fully saturated rings. The van der Waals surface area contributed by atoms with Crippen LogP contribution in [0.2, 0.25) is 0 Å². The number of aromatic amines is 1. The standard InChI is InChI=1S/C24H26N10/c1-34-32-22(31-33-34)15-12-18-21(26-13-15)20-23(27-17-9-7-16(25)8-10-17)29-19(30-24(20)28-18)11-14-5-3-2-4-6-14/h2-6,12-13,16-17H,7-11,25H2,1H3,(H2,27,28,29,30). The van der Waals surface area contributed by atoms with Crippen molar-refractivity contribution in [3.05, 3.63) is 54.0 Å². The molecule has 1 saturated carbocycles. The highest BCUT2D eigenvalue weighted by Gasteiger charge is 2.22. The molecule has 1 aliphatic carbocycles. The second kappa shape index (κ2) is 8.45. The lowest BCUT2D eigenvalue weighted by molar-refractivity contribution is 0.410. The Morgan fingerprint density at radius 1 is 1.12 bits per heavy atom. The molecule has 34 heavy (non-hydrogen) atoms. The first-order valence-corrected chi connectivity index (χ1v) is 11.6. The lowest BCUT2D eigenvalue weighted by atomic mass is 9.92. The van der Waals surface area contributed by atoms with Crippen molar-refractivity contribution in [2.24, 2.45) is 12.8 Å². The number of nitrogens with two attached hydrogens (primary N) is 1. The molecule has 10 heteroatoms. The lowest BCUT2D eigenvalue weighted by Gasteiger charge is -2.27. The third-order valence-corrected chi connectivity index (χ3v) is 6.42. The maximum absolute atomic E-state index is 6.13. The number of rotatable bonds is 5. The van der Waals surface area contributed by atoms with Crippen molar-refractivity contribution in [2.45, 2.75) is 44.2 Å². The molecule has 0 radical (unpaired) electrons. The van der Waals surface area contributed by atoms with Crippen LogP contribution in [0.1, 0.15) is 37.1 Å². The van der Waals surface area contributed by atoms with Crippen LogP contribution >= 0.6 is 0 Å². The second-order valence-corrected chi connectivity index (χ2v) is 8.98. The summed E-state index contributed by atoms with van der Waals surface area (Å²) in [7, 11) is 1.74. The number of tetrazole rings is 1. The van der Waals surface area contributed by atoms with Crippen molar-refractivity contribution in [3.8, 4) is 11.4 Å². The van der Waals surface area contributed by atoms with Crippen LogP contribution in [0.4, 0.5) is 5.82 Å². The van der Waals surface area contributed by atoms with E-state index in [0.29, 0.717) is 24.3 Å². The van der Waals surface area contributed by atoms with E-state index < -0.39 is 0 Å². The third-order valence-electron chi connectivity index (χ3n) is 6.42. The first-order valence-electron chi connectivity index (χ1n) is 11.6. The van der Waals surface area contributed by atoms with Crippen LogP contribution in [0.5, 0.6) is 0 Å². The average molecular weight is 455 g/mol. The Labute approximate surface area is 196 Å². The highest BCUT2D eigenvalue weighted by molar-refractivity contribution is 6.09. The van der Waals surface area contributed by atoms with Gasteiger partial charge in [-0.3, -0.25) is 4.98 Å². The Kier molecular flexibility index (Phi) is 5.14. The van der Waals surface area contributed by atoms with Crippen LogP contribution < -0.4 is 11.1 Å². The molecule has 0 spiro atoms. The molecule has 0 unspecified atom stereocenters. The van der Waals surface area contributed by atoms with E-state index in [1.54, 1.807) is 13.2 Å². The summed E-state index contributed by atoms with van der Waals surface area (Å²) in [6.45, 7) is 0. The number of benzene rings is 1. The Hall–Kier alpha value is -3.92. The number of aryl methyl sites for hydroxylation is 1. The molecule has 1 aliphatic rings. The van der Waals surface area contributed by atoms with Gasteiger partial charge in [0, 0.05) is 30.3 Å². The molecule has 4 N–H and O–H groups in total. The van der Waals surface area contributed by atoms with Gasteiger partial charge < -0.3 is 16.0 Å². The monoisotopic (exact) mass is 454 g/mol. The van der Waals surface area contributed by atoms with E-state index in [1.165, 1.54) is 10.4 Å². The topological polar surface area (TPSA) is 136 Å². The SMILES string of the molecule is Cn1nnc(-c2cnc3c(c2)[nH]c2nc(Cc4ccccc4)nc(NC4CCC(N)CC4)c23)n1. The third kappa shape index (κ3) is 3.96. The molecule has 10 nitrogen and oxygen atoms in total. The zero-order valence-electron chi connectivity index (χ0n) is 18.9. The summed E-state index contributed by atoms with van der Waals surface area (Å²) >= 11 is 0. The molecule has 0 atom stereocenters. The molecule has 0 amide bonds. The summed E-state index contributed by atoms with van der Waals surface area (Å²) in [6, 6.07) is 12.9. The Bertz CT molecular complexity index is 1450. The number of nitrogens with zero attached hydrogens (tertiary/aromatic N) is 7. The summed E-state index contributed by atoms with van der Waals surface area (Å²) in [5, 5.41) is 16.9. The number of hydrogen-bond donors (Lipinski definition) is 3. The van der Waals surface area contributed by atoms with Crippen LogP contribution in [0, 0.1) is 0 Å². The van der Waals surface area contributed by atoms with E-state index in [4.69, 9.17) is 20.7 Å². The van der Waals surface area contributed by atoms with E-state index in [2.05, 4.69) is 37.8 Å². The van der Waals surface area contributed by atoms with Gasteiger partial charge in [-0.1, -0.05) is 30.3 Å². The van der Waals surface area contributed by atoms with Gasteiger partial charge in [0.15, 0.2) is 0 Å². The van der Waals surface area contributed by atoms with Gasteiger partial charge in [-0.05, 0) is 42.5 Å². The minimum atomic E-state index is 0.292. The minimum Gasteiger partial charge on any atom is -0.367 e. The van der Waals surface area contributed by atoms with Gasteiger partial charge in [0.25, 0.3) is 0 Å². The lowest BCUT2D eigenvalue weighted by Crippen LogP contribution is -2.33. The predicted molar refractivity (Wildman–Crippen MR) is 130 cm³/mol. The summed E-state index contributed by atoms with van der Waals surface area (Å²) in [4.78, 5) is 19.5. The molecular weight excluding hydrogens is 428 g/mol. The van der Waals surface area contributed by atoms with Crippen molar-refractivity contribution in [2.75, 3.05) is 5.32 Å². The van der Waals surface area contributed by atoms with Crippen molar-refractivity contribution in [1.82, 2.24) is 40.1 Å². The van der Waals surface area contributed by atoms with Crippen molar-refractivity contribution in [3.63, 3.8) is 0 Å². The van der Waals surface area contributed by atoms with Crippen LogP contribution in [-0.4, -0.2) is 52.2 Å². The van der Waals surface area contributed by atoms with Crippen LogP contribution in [0.25, 0.3) is 33.5 Å². The molecule has 5 aromatic rings. The maximum atomic E-state index is 6.13. The average Bonchev–Trinajstić information content (AvgIpc) is 3.44. The smallest absolute Gasteiger partial charge is 0.206 e. The van der Waals surface area contributed by atoms with Crippen molar-refractivity contribution < 1.29 is 0 Å². The van der Waals surface area contributed by atoms with E-state index in [9.17, 15) is 0 Å². The van der Waals surface area contributed by atoms with Crippen molar-refractivity contribution in [1.29, 1.82) is 0 Å². The summed E-state index contributed by atoms with van der Waals surface area (Å²) in [5.41, 5.74) is 10.5. The maximum Gasteiger partial charge on any atom is 0.206 e. The summed E-state index contributed by atoms with van der Waals surface area (Å²) in [5.74, 6) is 2.11. The fourth-order valence-electron chi connectivity index (χ4n) is 4.65. The quantitative estimate of drug-likeness (QED) is 0.369. The summed E-state index contributed by atoms with van der Waals surface area (Å²) in [6.07, 6.45) is 6.51. The van der Waals surface area contributed by atoms with E-state index in [1.807, 2.05) is 24.3 Å². The number of pyridine rings is 1. The number of hydrogen-bond acceptors (Lipinski definition) is 8. The Morgan fingerprint density at radius 2 is 1.94 bits per heavy atom. The zero-order chi connectivity index (χ0) is 23.1. The number of aromatic nitrogens is 8. The van der Waals surface area contributed by atoms with Crippen LogP contribution in [-0.2, 0) is 13.5 Å². The molecule has 0 saturated heterocycles. The fourth-order valence-corrected chi connectivity index (χ4v) is 4.65. The number of anilines is 1. The Balaban J connectivity index is 1.44. The predicted octanol–water partition coefficient (Wildman–Crippen LogP) is 2.97. The molecule has 6 rings (SSSR count). The van der Waals surface area contributed by atoms with Gasteiger partial charge in [-0.25, -0.2) is 9.97 Å². The van der Waals surface area contributed by atoms with E-state index >= 15 is 0 Å². The molecule has 0 bridgehead atoms. The first kappa shape index (κ1) is 20.7. The number of nitrogens with one attached hydrogen (secondary N) is 2. The molecule has 0 aliphatic heterocycles. The number of fused-ring (bicyclic) bond motifs is 3. The van der Waals surface area contributed by atoms with E-state index in [0.717, 1.165) is 65.0 Å². The molecule has 4 heterocycles. The van der Waals surface area contributed by atoms with Gasteiger partial charge in [-0.2, -0.15) is 4.80 Å². The van der Waals surface area contributed by atoms with Crippen LogP contribution in [0.15, 0.2) is 42.6 Å². The minimum absolute atomic E-state index is 0.292. The molecular formula is C24H26N10. The highest BCUT2D eigenvalue weighted by atomic mass is 15.6. The zero-order valence-corrected chi connectivity index (χ0v) is 18.9. The van der Waals surface area contributed by atoms with Gasteiger partial charge in [-0.15, -0.1) is 10.2 Å².